The van der Waals surface area contributed by atoms with Crippen molar-refractivity contribution in [1.82, 2.24) is 0 Å². The van der Waals surface area contributed by atoms with Gasteiger partial charge in [-0.1, -0.05) is 49.4 Å². The number of aromatic hydroxyl groups is 1. The Labute approximate surface area is 134 Å². The summed E-state index contributed by atoms with van der Waals surface area (Å²) < 4.78 is 5.62. The largest absolute Gasteiger partial charge is 0.507 e. The number of fused-ring (bicyclic) bond motifs is 6. The molecule has 2 aliphatic rings. The lowest BCUT2D eigenvalue weighted by molar-refractivity contribution is -0.128. The molecule has 0 radical (unpaired) electrons. The van der Waals surface area contributed by atoms with Gasteiger partial charge in [-0.3, -0.25) is 0 Å². The summed E-state index contributed by atoms with van der Waals surface area (Å²) in [5.74, 6) is 0.907. The standard InChI is InChI=1S/C20H18O3/c1-3-11-9-12-10-15(11)18-17(12)19(22)13-7-5-6-8-14(13)20(18)23-16(21)4-2/h4-9,12,15,22H,2-3,10H2,1H3. The van der Waals surface area contributed by atoms with Crippen LogP contribution in [0.15, 0.2) is 48.6 Å². The molecule has 0 aromatic heterocycles. The summed E-state index contributed by atoms with van der Waals surface area (Å²) in [7, 11) is 0. The van der Waals surface area contributed by atoms with E-state index in [4.69, 9.17) is 4.74 Å². The minimum Gasteiger partial charge on any atom is -0.507 e. The fourth-order valence-corrected chi connectivity index (χ4v) is 4.12. The second kappa shape index (κ2) is 4.98. The molecule has 0 saturated heterocycles. The molecule has 2 bridgehead atoms. The van der Waals surface area contributed by atoms with Crippen molar-refractivity contribution in [2.45, 2.75) is 31.6 Å². The number of hydrogen-bond acceptors (Lipinski definition) is 3. The molecule has 0 spiro atoms. The van der Waals surface area contributed by atoms with Gasteiger partial charge < -0.3 is 9.84 Å². The minimum atomic E-state index is -0.465. The summed E-state index contributed by atoms with van der Waals surface area (Å²) >= 11 is 0. The fourth-order valence-electron chi connectivity index (χ4n) is 4.12. The van der Waals surface area contributed by atoms with Crippen LogP contribution < -0.4 is 4.74 Å². The van der Waals surface area contributed by atoms with Crippen molar-refractivity contribution < 1.29 is 14.6 Å². The summed E-state index contributed by atoms with van der Waals surface area (Å²) in [6.45, 7) is 5.63. The van der Waals surface area contributed by atoms with Crippen LogP contribution in [0.25, 0.3) is 10.8 Å². The molecule has 3 nitrogen and oxygen atoms in total. The molecule has 2 atom stereocenters. The zero-order chi connectivity index (χ0) is 16.1. The van der Waals surface area contributed by atoms with Crippen LogP contribution in [-0.4, -0.2) is 11.1 Å². The number of benzene rings is 2. The second-order valence-electron chi connectivity index (χ2n) is 6.17. The average Bonchev–Trinajstić information content (AvgIpc) is 3.16. The van der Waals surface area contributed by atoms with E-state index in [1.165, 1.54) is 11.6 Å². The molecule has 2 aromatic carbocycles. The van der Waals surface area contributed by atoms with Gasteiger partial charge in [0, 0.05) is 39.8 Å². The first-order valence-corrected chi connectivity index (χ1v) is 7.98. The lowest BCUT2D eigenvalue weighted by atomic mass is 9.86. The molecule has 2 unspecified atom stereocenters. The van der Waals surface area contributed by atoms with Crippen molar-refractivity contribution in [3.05, 3.63) is 59.7 Å². The van der Waals surface area contributed by atoms with Crippen LogP contribution in [0.3, 0.4) is 0 Å². The first kappa shape index (κ1) is 14.1. The number of esters is 1. The topological polar surface area (TPSA) is 46.5 Å². The van der Waals surface area contributed by atoms with Crippen LogP contribution in [-0.2, 0) is 4.79 Å². The molecular weight excluding hydrogens is 288 g/mol. The Morgan fingerprint density at radius 2 is 2.09 bits per heavy atom. The van der Waals surface area contributed by atoms with E-state index in [1.807, 2.05) is 24.3 Å². The van der Waals surface area contributed by atoms with Crippen LogP contribution in [0.5, 0.6) is 11.5 Å². The molecule has 1 N–H and O–H groups in total. The predicted molar refractivity (Wildman–Crippen MR) is 89.9 cm³/mol. The molecule has 23 heavy (non-hydrogen) atoms. The summed E-state index contributed by atoms with van der Waals surface area (Å²) in [6, 6.07) is 7.53. The van der Waals surface area contributed by atoms with Crippen LogP contribution >= 0.6 is 0 Å². The van der Waals surface area contributed by atoms with Crippen LogP contribution in [0.2, 0.25) is 0 Å². The number of phenols is 1. The molecule has 2 aliphatic carbocycles. The van der Waals surface area contributed by atoms with E-state index in [9.17, 15) is 9.90 Å². The number of allylic oxidation sites excluding steroid dienone is 2. The van der Waals surface area contributed by atoms with Gasteiger partial charge in [-0.2, -0.15) is 0 Å². The quantitative estimate of drug-likeness (QED) is 0.391. The first-order chi connectivity index (χ1) is 11.2. The smallest absolute Gasteiger partial charge is 0.335 e. The molecular formula is C20H18O3. The maximum Gasteiger partial charge on any atom is 0.335 e. The van der Waals surface area contributed by atoms with Crippen LogP contribution in [0, 0.1) is 0 Å². The molecule has 4 rings (SSSR count). The Hall–Kier alpha value is -2.55. The lowest BCUT2D eigenvalue weighted by Gasteiger charge is -2.22. The predicted octanol–water partition coefficient (Wildman–Crippen LogP) is 4.56. The van der Waals surface area contributed by atoms with Gasteiger partial charge in [-0.25, -0.2) is 4.79 Å². The van der Waals surface area contributed by atoms with Crippen molar-refractivity contribution in [2.75, 3.05) is 0 Å². The number of carbonyl (C=O) groups is 1. The molecule has 0 saturated carbocycles. The Morgan fingerprint density at radius 1 is 1.35 bits per heavy atom. The minimum absolute atomic E-state index is 0.218. The molecule has 2 aromatic rings. The Morgan fingerprint density at radius 3 is 2.78 bits per heavy atom. The van der Waals surface area contributed by atoms with Gasteiger partial charge in [0.25, 0.3) is 0 Å². The summed E-state index contributed by atoms with van der Waals surface area (Å²) in [5, 5.41) is 12.3. The maximum absolute atomic E-state index is 11.8. The van der Waals surface area contributed by atoms with Gasteiger partial charge in [-0.15, -0.1) is 0 Å². The fraction of sp³-hybridized carbons (Fsp3) is 0.250. The highest BCUT2D eigenvalue weighted by Gasteiger charge is 2.42. The number of phenolic OH excluding ortho intramolecular Hbond substituents is 1. The Balaban J connectivity index is 2.04. The third kappa shape index (κ3) is 1.86. The molecule has 0 amide bonds. The van der Waals surface area contributed by atoms with E-state index in [2.05, 4.69) is 19.6 Å². The van der Waals surface area contributed by atoms with E-state index in [0.717, 1.165) is 34.7 Å². The lowest BCUT2D eigenvalue weighted by Crippen LogP contribution is -2.09. The van der Waals surface area contributed by atoms with E-state index in [1.54, 1.807) is 0 Å². The Bertz CT molecular complexity index is 876. The highest BCUT2D eigenvalue weighted by atomic mass is 16.5. The van der Waals surface area contributed by atoms with Crippen molar-refractivity contribution in [3.8, 4) is 11.5 Å². The van der Waals surface area contributed by atoms with Crippen molar-refractivity contribution in [1.29, 1.82) is 0 Å². The molecule has 116 valence electrons. The zero-order valence-electron chi connectivity index (χ0n) is 13.0. The molecule has 0 aliphatic heterocycles. The van der Waals surface area contributed by atoms with Gasteiger partial charge >= 0.3 is 5.97 Å². The van der Waals surface area contributed by atoms with Gasteiger partial charge in [0.05, 0.1) is 0 Å². The third-order valence-corrected chi connectivity index (χ3v) is 5.07. The summed E-state index contributed by atoms with van der Waals surface area (Å²) in [5.41, 5.74) is 3.28. The monoisotopic (exact) mass is 306 g/mol. The van der Waals surface area contributed by atoms with Gasteiger partial charge in [0.2, 0.25) is 0 Å². The van der Waals surface area contributed by atoms with Crippen molar-refractivity contribution in [2.24, 2.45) is 0 Å². The molecule has 0 fully saturated rings. The van der Waals surface area contributed by atoms with Gasteiger partial charge in [0.15, 0.2) is 0 Å². The number of rotatable bonds is 3. The number of carbonyl (C=O) groups excluding carboxylic acids is 1. The molecule has 3 heteroatoms. The van der Waals surface area contributed by atoms with E-state index in [-0.39, 0.29) is 11.8 Å². The van der Waals surface area contributed by atoms with Crippen molar-refractivity contribution >= 4 is 16.7 Å². The van der Waals surface area contributed by atoms with Gasteiger partial charge in [-0.05, 0) is 12.8 Å². The normalized spacial score (nSPS) is 21.2. The number of hydrogen-bond donors (Lipinski definition) is 1. The Kier molecular flexibility index (Phi) is 3.05. The van der Waals surface area contributed by atoms with E-state index in [0.29, 0.717) is 11.5 Å². The first-order valence-electron chi connectivity index (χ1n) is 7.98. The summed E-state index contributed by atoms with van der Waals surface area (Å²) in [6.07, 6.45) is 5.38. The zero-order valence-corrected chi connectivity index (χ0v) is 13.0. The van der Waals surface area contributed by atoms with Crippen LogP contribution in [0.1, 0.15) is 42.7 Å². The molecule has 0 heterocycles. The van der Waals surface area contributed by atoms with Gasteiger partial charge in [0.1, 0.15) is 11.5 Å². The van der Waals surface area contributed by atoms with E-state index < -0.39 is 5.97 Å². The SMILES string of the molecule is C=CC(=O)Oc1c2c(c(O)c3ccccc13)C1C=C(CC)C2C1. The highest BCUT2D eigenvalue weighted by Crippen LogP contribution is 2.60. The van der Waals surface area contributed by atoms with E-state index >= 15 is 0 Å². The average molecular weight is 306 g/mol. The summed E-state index contributed by atoms with van der Waals surface area (Å²) in [4.78, 5) is 11.8. The van der Waals surface area contributed by atoms with Crippen LogP contribution in [0.4, 0.5) is 0 Å². The highest BCUT2D eigenvalue weighted by molar-refractivity contribution is 5.99. The van der Waals surface area contributed by atoms with Crippen molar-refractivity contribution in [3.63, 3.8) is 0 Å². The second-order valence-corrected chi connectivity index (χ2v) is 6.17. The number of ether oxygens (including phenoxy) is 1. The third-order valence-electron chi connectivity index (χ3n) is 5.07. The maximum atomic E-state index is 11.8.